The minimum Gasteiger partial charge on any atom is -0.316 e. The predicted octanol–water partition coefficient (Wildman–Crippen LogP) is 2.81. The first-order chi connectivity index (χ1) is 7.29. The monoisotopic (exact) mass is 224 g/mol. The van der Waals surface area contributed by atoms with Crippen LogP contribution in [0.4, 0.5) is 0 Å². The third-order valence-corrected chi connectivity index (χ3v) is 3.01. The minimum absolute atomic E-state index is 0.793. The van der Waals surface area contributed by atoms with Gasteiger partial charge in [0.15, 0.2) is 0 Å². The van der Waals surface area contributed by atoms with Gasteiger partial charge >= 0.3 is 0 Å². The standard InChI is InChI=1S/C12H20N2S/c1-11(2)6-8-13-9-10-15-12-5-3-4-7-14-12/h3-5,7,11,13H,6,8-10H2,1-2H3. The number of nitrogens with one attached hydrogen (secondary N) is 1. The van der Waals surface area contributed by atoms with Crippen LogP contribution in [0.15, 0.2) is 29.4 Å². The van der Waals surface area contributed by atoms with E-state index in [1.807, 2.05) is 18.3 Å². The molecule has 0 amide bonds. The van der Waals surface area contributed by atoms with Gasteiger partial charge in [-0.1, -0.05) is 19.9 Å². The molecule has 0 aliphatic heterocycles. The number of thioether (sulfide) groups is 1. The van der Waals surface area contributed by atoms with Crippen LogP contribution in [0.1, 0.15) is 20.3 Å². The third-order valence-electron chi connectivity index (χ3n) is 2.07. The van der Waals surface area contributed by atoms with Crippen molar-refractivity contribution in [3.8, 4) is 0 Å². The molecule has 15 heavy (non-hydrogen) atoms. The molecule has 0 unspecified atom stereocenters. The molecule has 3 heteroatoms. The molecule has 0 saturated carbocycles. The van der Waals surface area contributed by atoms with Crippen molar-refractivity contribution in [1.29, 1.82) is 0 Å². The van der Waals surface area contributed by atoms with E-state index in [4.69, 9.17) is 0 Å². The predicted molar refractivity (Wildman–Crippen MR) is 67.3 cm³/mol. The van der Waals surface area contributed by atoms with Crippen LogP contribution in [0.25, 0.3) is 0 Å². The molecule has 0 atom stereocenters. The van der Waals surface area contributed by atoms with Crippen LogP contribution in [-0.2, 0) is 0 Å². The summed E-state index contributed by atoms with van der Waals surface area (Å²) >= 11 is 1.81. The molecule has 0 aliphatic rings. The van der Waals surface area contributed by atoms with Crippen LogP contribution in [0.2, 0.25) is 0 Å². The van der Waals surface area contributed by atoms with Crippen molar-refractivity contribution in [3.05, 3.63) is 24.4 Å². The first-order valence-corrected chi connectivity index (χ1v) is 6.52. The summed E-state index contributed by atoms with van der Waals surface area (Å²) in [5.74, 6) is 1.88. The van der Waals surface area contributed by atoms with Gasteiger partial charge < -0.3 is 5.32 Å². The number of rotatable bonds is 7. The maximum Gasteiger partial charge on any atom is 0.0960 e. The van der Waals surface area contributed by atoms with Gasteiger partial charge in [-0.2, -0.15) is 0 Å². The number of aromatic nitrogens is 1. The lowest BCUT2D eigenvalue weighted by Crippen LogP contribution is -2.19. The van der Waals surface area contributed by atoms with E-state index >= 15 is 0 Å². The molecule has 0 fully saturated rings. The molecule has 1 heterocycles. The Balaban J connectivity index is 1.98. The van der Waals surface area contributed by atoms with Gasteiger partial charge in [0.1, 0.15) is 0 Å². The normalized spacial score (nSPS) is 10.9. The van der Waals surface area contributed by atoms with Gasteiger partial charge in [-0.05, 0) is 31.0 Å². The molecular weight excluding hydrogens is 204 g/mol. The molecule has 0 aromatic carbocycles. The summed E-state index contributed by atoms with van der Waals surface area (Å²) in [6.45, 7) is 6.70. The van der Waals surface area contributed by atoms with Crippen LogP contribution in [0, 0.1) is 5.92 Å². The second-order valence-electron chi connectivity index (χ2n) is 3.95. The largest absolute Gasteiger partial charge is 0.316 e. The molecule has 0 aliphatic carbocycles. The van der Waals surface area contributed by atoms with E-state index in [1.165, 1.54) is 6.42 Å². The fourth-order valence-electron chi connectivity index (χ4n) is 1.18. The number of nitrogens with zero attached hydrogens (tertiary/aromatic N) is 1. The zero-order chi connectivity index (χ0) is 10.9. The average Bonchev–Trinajstić information content (AvgIpc) is 2.24. The molecule has 0 bridgehead atoms. The number of hydrogen-bond donors (Lipinski definition) is 1. The van der Waals surface area contributed by atoms with Gasteiger partial charge in [-0.25, -0.2) is 4.98 Å². The zero-order valence-electron chi connectivity index (χ0n) is 9.57. The summed E-state index contributed by atoms with van der Waals surface area (Å²) in [5.41, 5.74) is 0. The molecule has 84 valence electrons. The summed E-state index contributed by atoms with van der Waals surface area (Å²) in [7, 11) is 0. The highest BCUT2D eigenvalue weighted by atomic mass is 32.2. The van der Waals surface area contributed by atoms with Crippen LogP contribution in [0.5, 0.6) is 0 Å². The van der Waals surface area contributed by atoms with Gasteiger partial charge in [0.2, 0.25) is 0 Å². The lowest BCUT2D eigenvalue weighted by atomic mass is 10.1. The second-order valence-corrected chi connectivity index (χ2v) is 5.06. The molecule has 2 nitrogen and oxygen atoms in total. The van der Waals surface area contributed by atoms with Crippen molar-refractivity contribution in [3.63, 3.8) is 0 Å². The van der Waals surface area contributed by atoms with Gasteiger partial charge in [-0.3, -0.25) is 0 Å². The van der Waals surface area contributed by atoms with Crippen molar-refractivity contribution in [2.45, 2.75) is 25.3 Å². The summed E-state index contributed by atoms with van der Waals surface area (Å²) in [4.78, 5) is 4.26. The Morgan fingerprint density at radius 3 is 2.87 bits per heavy atom. The first-order valence-electron chi connectivity index (χ1n) is 5.53. The quantitative estimate of drug-likeness (QED) is 0.569. The molecule has 0 saturated heterocycles. The SMILES string of the molecule is CC(C)CCNCCSc1ccccn1. The Bertz CT molecular complexity index is 249. The van der Waals surface area contributed by atoms with E-state index < -0.39 is 0 Å². The number of hydrogen-bond acceptors (Lipinski definition) is 3. The molecule has 1 N–H and O–H groups in total. The summed E-state index contributed by atoms with van der Waals surface area (Å²) < 4.78 is 0. The van der Waals surface area contributed by atoms with Crippen LogP contribution < -0.4 is 5.32 Å². The Morgan fingerprint density at radius 1 is 1.33 bits per heavy atom. The van der Waals surface area contributed by atoms with Gasteiger partial charge in [0.25, 0.3) is 0 Å². The van der Waals surface area contributed by atoms with Crippen LogP contribution in [-0.4, -0.2) is 23.8 Å². The van der Waals surface area contributed by atoms with Crippen LogP contribution >= 0.6 is 11.8 Å². The topological polar surface area (TPSA) is 24.9 Å². The highest BCUT2D eigenvalue weighted by Gasteiger charge is 1.95. The van der Waals surface area contributed by atoms with E-state index in [9.17, 15) is 0 Å². The highest BCUT2D eigenvalue weighted by molar-refractivity contribution is 7.99. The van der Waals surface area contributed by atoms with E-state index in [0.717, 1.165) is 29.8 Å². The zero-order valence-corrected chi connectivity index (χ0v) is 10.4. The first kappa shape index (κ1) is 12.5. The van der Waals surface area contributed by atoms with Crippen LogP contribution in [0.3, 0.4) is 0 Å². The van der Waals surface area contributed by atoms with Crippen molar-refractivity contribution >= 4 is 11.8 Å². The van der Waals surface area contributed by atoms with Crippen molar-refractivity contribution in [2.75, 3.05) is 18.8 Å². The van der Waals surface area contributed by atoms with Crippen molar-refractivity contribution in [1.82, 2.24) is 10.3 Å². The Labute approximate surface area is 96.9 Å². The lowest BCUT2D eigenvalue weighted by molar-refractivity contribution is 0.547. The molecule has 1 rings (SSSR count). The minimum atomic E-state index is 0.793. The summed E-state index contributed by atoms with van der Waals surface area (Å²) in [5, 5.41) is 4.55. The van der Waals surface area contributed by atoms with Gasteiger partial charge in [0, 0.05) is 18.5 Å². The maximum absolute atomic E-state index is 4.26. The highest BCUT2D eigenvalue weighted by Crippen LogP contribution is 2.12. The molecule has 0 radical (unpaired) electrons. The third kappa shape index (κ3) is 6.52. The maximum atomic E-state index is 4.26. The fraction of sp³-hybridized carbons (Fsp3) is 0.583. The molecular formula is C12H20N2S. The molecule has 1 aromatic heterocycles. The Hall–Kier alpha value is -0.540. The smallest absolute Gasteiger partial charge is 0.0960 e. The second kappa shape index (κ2) is 7.71. The van der Waals surface area contributed by atoms with E-state index in [0.29, 0.717) is 0 Å². The molecule has 0 spiro atoms. The van der Waals surface area contributed by atoms with Crippen molar-refractivity contribution < 1.29 is 0 Å². The van der Waals surface area contributed by atoms with E-state index in [2.05, 4.69) is 30.2 Å². The fourth-order valence-corrected chi connectivity index (χ4v) is 1.94. The average molecular weight is 224 g/mol. The van der Waals surface area contributed by atoms with E-state index in [-0.39, 0.29) is 0 Å². The van der Waals surface area contributed by atoms with E-state index in [1.54, 1.807) is 11.8 Å². The lowest BCUT2D eigenvalue weighted by Gasteiger charge is -2.06. The Kier molecular flexibility index (Phi) is 6.44. The van der Waals surface area contributed by atoms with Gasteiger partial charge in [0.05, 0.1) is 5.03 Å². The molecule has 1 aromatic rings. The summed E-state index contributed by atoms with van der Waals surface area (Å²) in [6, 6.07) is 6.03. The number of pyridine rings is 1. The summed E-state index contributed by atoms with van der Waals surface area (Å²) in [6.07, 6.45) is 3.10. The van der Waals surface area contributed by atoms with Gasteiger partial charge in [-0.15, -0.1) is 11.8 Å². The van der Waals surface area contributed by atoms with Crippen molar-refractivity contribution in [2.24, 2.45) is 5.92 Å². The Morgan fingerprint density at radius 2 is 2.20 bits per heavy atom.